The first-order valence-electron chi connectivity index (χ1n) is 7.41. The van der Waals surface area contributed by atoms with Gasteiger partial charge in [-0.05, 0) is 22.0 Å². The molecule has 3 N–H and O–H groups in total. The van der Waals surface area contributed by atoms with E-state index in [0.717, 1.165) is 27.0 Å². The normalized spacial score (nSPS) is 14.5. The second kappa shape index (κ2) is 5.98. The summed E-state index contributed by atoms with van der Waals surface area (Å²) in [6.07, 6.45) is 1.68. The molecule has 0 radical (unpaired) electrons. The number of anilines is 2. The predicted octanol–water partition coefficient (Wildman–Crippen LogP) is 4.24. The molecule has 2 heterocycles. The quantitative estimate of drug-likeness (QED) is 0.595. The lowest BCUT2D eigenvalue weighted by atomic mass is 10.1. The van der Waals surface area contributed by atoms with Gasteiger partial charge in [-0.15, -0.1) is 0 Å². The van der Waals surface area contributed by atoms with E-state index in [0.29, 0.717) is 11.4 Å². The van der Waals surface area contributed by atoms with Crippen LogP contribution in [0.1, 0.15) is 5.56 Å². The van der Waals surface area contributed by atoms with Crippen LogP contribution in [0.2, 0.25) is 0 Å². The van der Waals surface area contributed by atoms with E-state index in [-0.39, 0.29) is 5.91 Å². The van der Waals surface area contributed by atoms with Crippen LogP contribution >= 0.6 is 15.9 Å². The Morgan fingerprint density at radius 3 is 2.62 bits per heavy atom. The Labute approximate surface area is 146 Å². The number of rotatable bonds is 3. The van der Waals surface area contributed by atoms with Gasteiger partial charge in [0.1, 0.15) is 0 Å². The van der Waals surface area contributed by atoms with Gasteiger partial charge in [-0.3, -0.25) is 9.89 Å². The van der Waals surface area contributed by atoms with Crippen LogP contribution in [0.5, 0.6) is 0 Å². The van der Waals surface area contributed by atoms with Gasteiger partial charge in [0, 0.05) is 23.0 Å². The third-order valence-electron chi connectivity index (χ3n) is 3.83. The lowest BCUT2D eigenvalue weighted by Gasteiger charge is -2.01. The molecule has 118 valence electrons. The molecular weight excluding hydrogens is 368 g/mol. The van der Waals surface area contributed by atoms with Crippen LogP contribution in [0.4, 0.5) is 11.5 Å². The number of aromatic nitrogens is 2. The van der Waals surface area contributed by atoms with Crippen molar-refractivity contribution in [2.45, 2.75) is 0 Å². The number of hydrogen-bond acceptors (Lipinski definition) is 3. The SMILES string of the molecule is O=C1Nc2ccccc2/C1=C\Nc1n[nH]c(-c2ccccc2)c1Br. The van der Waals surface area contributed by atoms with E-state index < -0.39 is 0 Å². The molecule has 24 heavy (non-hydrogen) atoms. The number of nitrogens with zero attached hydrogens (tertiary/aromatic N) is 1. The first-order valence-corrected chi connectivity index (χ1v) is 8.20. The Morgan fingerprint density at radius 1 is 1.04 bits per heavy atom. The van der Waals surface area contributed by atoms with Crippen LogP contribution in [-0.2, 0) is 4.79 Å². The van der Waals surface area contributed by atoms with Gasteiger partial charge in [0.05, 0.1) is 15.7 Å². The van der Waals surface area contributed by atoms with Gasteiger partial charge in [0.2, 0.25) is 0 Å². The third-order valence-corrected chi connectivity index (χ3v) is 4.60. The fraction of sp³-hybridized carbons (Fsp3) is 0. The molecule has 6 heteroatoms. The highest BCUT2D eigenvalue weighted by Crippen LogP contribution is 2.34. The molecule has 3 aromatic rings. The molecule has 0 aliphatic carbocycles. The maximum absolute atomic E-state index is 12.1. The smallest absolute Gasteiger partial charge is 0.257 e. The van der Waals surface area contributed by atoms with Crippen molar-refractivity contribution in [1.82, 2.24) is 10.2 Å². The Bertz CT molecular complexity index is 947. The fourth-order valence-corrected chi connectivity index (χ4v) is 3.16. The average Bonchev–Trinajstić information content (AvgIpc) is 3.13. The maximum Gasteiger partial charge on any atom is 0.257 e. The maximum atomic E-state index is 12.1. The zero-order valence-corrected chi connectivity index (χ0v) is 14.1. The minimum atomic E-state index is -0.126. The summed E-state index contributed by atoms with van der Waals surface area (Å²) in [5.74, 6) is 0.497. The number of fused-ring (bicyclic) bond motifs is 1. The molecule has 0 saturated heterocycles. The van der Waals surface area contributed by atoms with Crippen LogP contribution < -0.4 is 10.6 Å². The Hall–Kier alpha value is -2.86. The third kappa shape index (κ3) is 2.51. The number of carbonyl (C=O) groups excluding carboxylic acids is 1. The van der Waals surface area contributed by atoms with Crippen molar-refractivity contribution < 1.29 is 4.79 Å². The highest BCUT2D eigenvalue weighted by atomic mass is 79.9. The lowest BCUT2D eigenvalue weighted by Crippen LogP contribution is -2.05. The second-order valence-corrected chi connectivity index (χ2v) is 6.12. The van der Waals surface area contributed by atoms with E-state index in [4.69, 9.17) is 0 Å². The molecule has 1 amide bonds. The fourth-order valence-electron chi connectivity index (χ4n) is 2.64. The van der Waals surface area contributed by atoms with Crippen molar-refractivity contribution >= 4 is 38.9 Å². The first kappa shape index (κ1) is 14.7. The summed E-state index contributed by atoms with van der Waals surface area (Å²) in [5.41, 5.74) is 4.20. The zero-order chi connectivity index (χ0) is 16.5. The summed E-state index contributed by atoms with van der Waals surface area (Å²) in [6, 6.07) is 17.5. The molecule has 0 spiro atoms. The summed E-state index contributed by atoms with van der Waals surface area (Å²) < 4.78 is 0.817. The molecule has 0 bridgehead atoms. The van der Waals surface area contributed by atoms with E-state index in [1.54, 1.807) is 6.20 Å². The molecule has 0 fully saturated rings. The molecule has 5 nitrogen and oxygen atoms in total. The van der Waals surface area contributed by atoms with Gasteiger partial charge >= 0.3 is 0 Å². The summed E-state index contributed by atoms with van der Waals surface area (Å²) in [7, 11) is 0. The van der Waals surface area contributed by atoms with E-state index in [1.165, 1.54) is 0 Å². The molecule has 0 unspecified atom stereocenters. The molecule has 1 aliphatic heterocycles. The van der Waals surface area contributed by atoms with Crippen molar-refractivity contribution in [2.75, 3.05) is 10.6 Å². The number of H-pyrrole nitrogens is 1. The van der Waals surface area contributed by atoms with Gasteiger partial charge in [-0.1, -0.05) is 48.5 Å². The number of halogens is 1. The van der Waals surface area contributed by atoms with Gasteiger partial charge in [0.15, 0.2) is 5.82 Å². The van der Waals surface area contributed by atoms with Crippen LogP contribution in [0.3, 0.4) is 0 Å². The number of nitrogens with one attached hydrogen (secondary N) is 3. The number of para-hydroxylation sites is 1. The summed E-state index contributed by atoms with van der Waals surface area (Å²) in [6.45, 7) is 0. The summed E-state index contributed by atoms with van der Waals surface area (Å²) >= 11 is 3.56. The number of aromatic amines is 1. The Kier molecular flexibility index (Phi) is 3.66. The first-order chi connectivity index (χ1) is 11.7. The van der Waals surface area contributed by atoms with Crippen molar-refractivity contribution in [1.29, 1.82) is 0 Å². The van der Waals surface area contributed by atoms with Crippen LogP contribution in [0, 0.1) is 0 Å². The lowest BCUT2D eigenvalue weighted by molar-refractivity contribution is -0.110. The highest BCUT2D eigenvalue weighted by molar-refractivity contribution is 9.10. The Morgan fingerprint density at radius 2 is 1.79 bits per heavy atom. The van der Waals surface area contributed by atoms with Gasteiger partial charge < -0.3 is 10.6 Å². The monoisotopic (exact) mass is 380 g/mol. The highest BCUT2D eigenvalue weighted by Gasteiger charge is 2.23. The predicted molar refractivity (Wildman–Crippen MR) is 98.4 cm³/mol. The molecule has 2 aromatic carbocycles. The van der Waals surface area contributed by atoms with Gasteiger partial charge in [0.25, 0.3) is 5.91 Å². The van der Waals surface area contributed by atoms with E-state index in [2.05, 4.69) is 36.8 Å². The molecule has 1 aliphatic rings. The van der Waals surface area contributed by atoms with Crippen molar-refractivity contribution in [3.05, 3.63) is 70.8 Å². The number of amides is 1. The van der Waals surface area contributed by atoms with Crippen molar-refractivity contribution in [3.63, 3.8) is 0 Å². The second-order valence-electron chi connectivity index (χ2n) is 5.33. The topological polar surface area (TPSA) is 69.8 Å². The molecule has 1 aromatic heterocycles. The van der Waals surface area contributed by atoms with Crippen molar-refractivity contribution in [2.24, 2.45) is 0 Å². The zero-order valence-electron chi connectivity index (χ0n) is 12.5. The summed E-state index contributed by atoms with van der Waals surface area (Å²) in [4.78, 5) is 12.1. The largest absolute Gasteiger partial charge is 0.343 e. The minimum absolute atomic E-state index is 0.126. The number of carbonyl (C=O) groups is 1. The number of benzene rings is 2. The van der Waals surface area contributed by atoms with E-state index in [9.17, 15) is 4.79 Å². The number of hydrogen-bond donors (Lipinski definition) is 3. The van der Waals surface area contributed by atoms with Crippen molar-refractivity contribution in [3.8, 4) is 11.3 Å². The molecule has 0 atom stereocenters. The average molecular weight is 381 g/mol. The standard InChI is InChI=1S/C18H13BrN4O/c19-15-16(11-6-2-1-3-7-11)22-23-17(15)20-10-13-12-8-4-5-9-14(12)21-18(13)24/h1-10H,(H,21,24)(H2,20,22,23)/b13-10+. The molecular formula is C18H13BrN4O. The van der Waals surface area contributed by atoms with Gasteiger partial charge in [-0.2, -0.15) is 5.10 Å². The van der Waals surface area contributed by atoms with E-state index >= 15 is 0 Å². The van der Waals surface area contributed by atoms with E-state index in [1.807, 2.05) is 54.6 Å². The Balaban J connectivity index is 1.64. The summed E-state index contributed by atoms with van der Waals surface area (Å²) in [5, 5.41) is 13.2. The minimum Gasteiger partial charge on any atom is -0.343 e. The van der Waals surface area contributed by atoms with Crippen LogP contribution in [0.25, 0.3) is 16.8 Å². The van der Waals surface area contributed by atoms with Crippen LogP contribution in [-0.4, -0.2) is 16.1 Å². The molecule has 4 rings (SSSR count). The van der Waals surface area contributed by atoms with Gasteiger partial charge in [-0.25, -0.2) is 0 Å². The van der Waals surface area contributed by atoms with Crippen LogP contribution in [0.15, 0.2) is 65.3 Å². The molecule has 0 saturated carbocycles.